The molecule has 0 amide bonds. The lowest BCUT2D eigenvalue weighted by atomic mass is 9.33. The molecule has 0 N–H and O–H groups in total. The van der Waals surface area contributed by atoms with Gasteiger partial charge in [-0.25, -0.2) is 44.9 Å². The summed E-state index contributed by atoms with van der Waals surface area (Å²) in [5, 5.41) is 1.92. The van der Waals surface area contributed by atoms with Gasteiger partial charge in [-0.2, -0.15) is 0 Å². The Labute approximate surface area is 646 Å². The summed E-state index contributed by atoms with van der Waals surface area (Å²) in [5.74, 6) is 5.06. The fourth-order valence-corrected chi connectivity index (χ4v) is 16.1. The molecule has 522 valence electrons. The zero-order chi connectivity index (χ0) is 74.0. The van der Waals surface area contributed by atoms with Gasteiger partial charge in [-0.1, -0.05) is 279 Å². The summed E-state index contributed by atoms with van der Waals surface area (Å²) >= 11 is 0. The fourth-order valence-electron chi connectivity index (χ4n) is 16.1. The topological polar surface area (TPSA) is 127 Å². The zero-order valence-corrected chi connectivity index (χ0v) is 60.3. The van der Waals surface area contributed by atoms with Gasteiger partial charge in [0.25, 0.3) is 6.71 Å². The quantitative estimate of drug-likeness (QED) is 0.0966. The number of rotatable bonds is 14. The average molecular weight is 1430 g/mol. The second-order valence-corrected chi connectivity index (χ2v) is 28.0. The molecule has 0 fully saturated rings. The molecule has 21 rings (SSSR count). The van der Waals surface area contributed by atoms with Crippen molar-refractivity contribution >= 4 is 79.0 Å². The van der Waals surface area contributed by atoms with Crippen LogP contribution in [0.1, 0.15) is 0 Å². The highest BCUT2D eigenvalue weighted by atomic mass is 15.2. The highest BCUT2D eigenvalue weighted by Crippen LogP contribution is 2.47. The van der Waals surface area contributed by atoms with E-state index in [1.54, 1.807) is 0 Å². The standard InChI is InChI=1S/C99H63BN12/c1-8-28-66(29-9-1)91-101-92(67-30-10-2-11-31-67)105-97(104-91)73-54-57-83(78(61-73)65-52-50-64(51-53-65)72-40-26-43-77(60-72)111-87-47-25-23-45-82(87)100-81-44-22-24-46-86(81)110(76-41-20-7-21-42-76)88-48-27-49-89(111)90(88)100)112-84-58-55-74(98-106-93(68-32-12-3-13-33-68)102-94(107-98)69-34-14-4-15-35-69)62-79(84)80-63-75(56-59-85(80)112)99-108-95(70-36-16-5-17-37-70)103-96(109-99)71-38-18-6-19-39-71/h1-63H. The molecular weight excluding hydrogens is 1370 g/mol. The molecule has 2 aliphatic heterocycles. The molecule has 0 aliphatic carbocycles. The monoisotopic (exact) mass is 1430 g/mol. The molecule has 6 heterocycles. The Bertz CT molecular complexity index is 6460. The van der Waals surface area contributed by atoms with Crippen LogP contribution in [0.4, 0.5) is 34.1 Å². The fraction of sp³-hybridized carbons (Fsp3) is 0. The van der Waals surface area contributed by atoms with Gasteiger partial charge in [0.05, 0.1) is 16.7 Å². The van der Waals surface area contributed by atoms with Crippen LogP contribution < -0.4 is 26.2 Å². The number of fused-ring (bicyclic) bond motifs is 7. The van der Waals surface area contributed by atoms with Gasteiger partial charge < -0.3 is 14.4 Å². The van der Waals surface area contributed by atoms with E-state index in [9.17, 15) is 0 Å². The van der Waals surface area contributed by atoms with Crippen molar-refractivity contribution in [1.82, 2.24) is 49.4 Å². The molecule has 0 saturated heterocycles. The third-order valence-electron chi connectivity index (χ3n) is 21.3. The molecule has 0 saturated carbocycles. The molecule has 4 aromatic heterocycles. The SMILES string of the molecule is c1ccc(-c2nc(-c3ccccc3)nc(-c3ccc(-n4c5ccc(-c6nc(-c7ccccc7)nc(-c7ccccc7)n6)cc5c5cc(-c6nc(-c7ccccc7)nc(-c7ccccc7)n6)ccc54)c(-c4ccc(-c5cccc(N6c7ccccc7B7c8ccccc8N(c8ccccc8)c8cccc6c87)c5)cc4)c3)n2)cc1. The zero-order valence-electron chi connectivity index (χ0n) is 60.3. The third-order valence-corrected chi connectivity index (χ3v) is 21.3. The molecule has 0 atom stereocenters. The Hall–Kier alpha value is -15.2. The van der Waals surface area contributed by atoms with E-state index < -0.39 is 0 Å². The Morgan fingerprint density at radius 3 is 0.893 bits per heavy atom. The minimum Gasteiger partial charge on any atom is -0.311 e. The van der Waals surface area contributed by atoms with Gasteiger partial charge in [-0.05, 0) is 136 Å². The van der Waals surface area contributed by atoms with E-state index >= 15 is 0 Å². The van der Waals surface area contributed by atoms with E-state index in [0.29, 0.717) is 52.4 Å². The third kappa shape index (κ3) is 11.6. The summed E-state index contributed by atoms with van der Waals surface area (Å²) in [6.45, 7) is 0.0291. The van der Waals surface area contributed by atoms with Gasteiger partial charge in [0.15, 0.2) is 52.4 Å². The molecule has 15 aromatic carbocycles. The summed E-state index contributed by atoms with van der Waals surface area (Å²) in [6.07, 6.45) is 0. The largest absolute Gasteiger partial charge is 0.311 e. The predicted octanol–water partition coefficient (Wildman–Crippen LogP) is 21.8. The highest BCUT2D eigenvalue weighted by molar-refractivity contribution is 7.00. The van der Waals surface area contributed by atoms with Gasteiger partial charge in [0.1, 0.15) is 0 Å². The molecule has 112 heavy (non-hydrogen) atoms. The maximum Gasteiger partial charge on any atom is 0.252 e. The minimum absolute atomic E-state index is 0.0291. The van der Waals surface area contributed by atoms with Crippen LogP contribution in [0.25, 0.3) is 152 Å². The lowest BCUT2D eigenvalue weighted by molar-refractivity contribution is 1.07. The summed E-state index contributed by atoms with van der Waals surface area (Å²) in [4.78, 5) is 51.9. The van der Waals surface area contributed by atoms with Crippen LogP contribution in [-0.2, 0) is 0 Å². The maximum atomic E-state index is 5.31. The van der Waals surface area contributed by atoms with Crippen LogP contribution in [0, 0.1) is 0 Å². The van der Waals surface area contributed by atoms with E-state index in [1.807, 2.05) is 182 Å². The maximum absolute atomic E-state index is 5.31. The van der Waals surface area contributed by atoms with Crippen LogP contribution in [0.15, 0.2) is 382 Å². The van der Waals surface area contributed by atoms with Crippen molar-refractivity contribution in [1.29, 1.82) is 0 Å². The number of para-hydroxylation sites is 3. The van der Waals surface area contributed by atoms with Gasteiger partial charge in [-0.15, -0.1) is 0 Å². The molecule has 19 aromatic rings. The second-order valence-electron chi connectivity index (χ2n) is 28.0. The summed E-state index contributed by atoms with van der Waals surface area (Å²) in [7, 11) is 0. The lowest BCUT2D eigenvalue weighted by Gasteiger charge is -2.44. The molecule has 2 aliphatic rings. The van der Waals surface area contributed by atoms with E-state index in [2.05, 4.69) is 215 Å². The van der Waals surface area contributed by atoms with Gasteiger partial charge in [0.2, 0.25) is 0 Å². The van der Waals surface area contributed by atoms with E-state index in [-0.39, 0.29) is 6.71 Å². The Kier molecular flexibility index (Phi) is 16.0. The smallest absolute Gasteiger partial charge is 0.252 e. The molecule has 0 radical (unpaired) electrons. The second kappa shape index (κ2) is 27.5. The number of hydrogen-bond acceptors (Lipinski definition) is 11. The van der Waals surface area contributed by atoms with Crippen LogP contribution >= 0.6 is 0 Å². The van der Waals surface area contributed by atoms with E-state index in [4.69, 9.17) is 44.9 Å². The normalized spacial score (nSPS) is 12.1. The van der Waals surface area contributed by atoms with E-state index in [1.165, 1.54) is 27.8 Å². The number of anilines is 6. The number of nitrogens with zero attached hydrogens (tertiary/aromatic N) is 12. The van der Waals surface area contributed by atoms with Crippen LogP contribution in [-0.4, -0.2) is 56.1 Å². The van der Waals surface area contributed by atoms with Crippen molar-refractivity contribution in [3.63, 3.8) is 0 Å². The van der Waals surface area contributed by atoms with Crippen molar-refractivity contribution in [2.24, 2.45) is 0 Å². The summed E-state index contributed by atoms with van der Waals surface area (Å²) in [6, 6.07) is 134. The molecular formula is C99H63BN12. The van der Waals surface area contributed by atoms with E-state index in [0.717, 1.165) is 123 Å². The first-order valence-electron chi connectivity index (χ1n) is 37.5. The van der Waals surface area contributed by atoms with Crippen molar-refractivity contribution in [3.8, 4) is 130 Å². The number of hydrogen-bond donors (Lipinski definition) is 0. The molecule has 13 heteroatoms. The number of benzene rings is 15. The van der Waals surface area contributed by atoms with Crippen molar-refractivity contribution in [2.75, 3.05) is 9.80 Å². The molecule has 0 bridgehead atoms. The van der Waals surface area contributed by atoms with Crippen LogP contribution in [0.3, 0.4) is 0 Å². The van der Waals surface area contributed by atoms with Gasteiger partial charge >= 0.3 is 0 Å². The lowest BCUT2D eigenvalue weighted by Crippen LogP contribution is -2.61. The first kappa shape index (κ1) is 65.1. The van der Waals surface area contributed by atoms with Crippen molar-refractivity contribution in [2.45, 2.75) is 0 Å². The molecule has 0 unspecified atom stereocenters. The predicted molar refractivity (Wildman–Crippen MR) is 455 cm³/mol. The first-order chi connectivity index (χ1) is 55.5. The Morgan fingerprint density at radius 1 is 0.188 bits per heavy atom. The van der Waals surface area contributed by atoms with Crippen LogP contribution in [0.2, 0.25) is 0 Å². The highest BCUT2D eigenvalue weighted by Gasteiger charge is 2.43. The number of aromatic nitrogens is 10. The summed E-state index contributed by atoms with van der Waals surface area (Å²) < 4.78 is 2.38. The molecule has 12 nitrogen and oxygen atoms in total. The first-order valence-corrected chi connectivity index (χ1v) is 37.5. The Morgan fingerprint density at radius 2 is 0.482 bits per heavy atom. The van der Waals surface area contributed by atoms with Crippen LogP contribution in [0.5, 0.6) is 0 Å². The molecule has 0 spiro atoms. The Balaban J connectivity index is 0.752. The minimum atomic E-state index is 0.0291. The van der Waals surface area contributed by atoms with Gasteiger partial charge in [0, 0.05) is 101 Å². The average Bonchev–Trinajstić information content (AvgIpc) is 0.805. The summed E-state index contributed by atoms with van der Waals surface area (Å²) in [5.41, 5.74) is 25.3. The van der Waals surface area contributed by atoms with Crippen molar-refractivity contribution in [3.05, 3.63) is 382 Å². The van der Waals surface area contributed by atoms with Crippen molar-refractivity contribution < 1.29 is 0 Å². The van der Waals surface area contributed by atoms with Gasteiger partial charge in [-0.3, -0.25) is 0 Å².